The molecular weight excluding hydrogens is 222 g/mol. The molecule has 1 heterocycles. The lowest BCUT2D eigenvalue weighted by Gasteiger charge is -2.27. The topological polar surface area (TPSA) is 29.3 Å². The number of alkyl halides is 2. The van der Waals surface area contributed by atoms with Gasteiger partial charge in [0.25, 0.3) is 5.92 Å². The van der Waals surface area contributed by atoms with E-state index < -0.39 is 11.8 Å². The number of nitrogens with two attached hydrogens (primary N) is 1. The van der Waals surface area contributed by atoms with Gasteiger partial charge in [0, 0.05) is 25.2 Å². The first-order chi connectivity index (χ1) is 7.97. The number of likely N-dealkylation sites (N-methyl/N-ethyl adjacent to an activating group) is 1. The van der Waals surface area contributed by atoms with E-state index in [1.807, 2.05) is 13.1 Å². The summed E-state index contributed by atoms with van der Waals surface area (Å²) in [5.74, 6) is -3.10. The van der Waals surface area contributed by atoms with Crippen LogP contribution in [0.25, 0.3) is 0 Å². The third kappa shape index (κ3) is 1.80. The Bertz CT molecular complexity index is 471. The zero-order valence-corrected chi connectivity index (χ0v) is 9.84. The normalized spacial score (nSPS) is 26.6. The highest BCUT2D eigenvalue weighted by Crippen LogP contribution is 2.57. The largest absolute Gasteiger partial charge is 0.399 e. The fraction of sp³-hybridized carbons (Fsp3) is 0.538. The molecule has 1 saturated carbocycles. The summed E-state index contributed by atoms with van der Waals surface area (Å²) in [6.07, 6.45) is 0.840. The van der Waals surface area contributed by atoms with Crippen molar-refractivity contribution < 1.29 is 8.78 Å². The Morgan fingerprint density at radius 3 is 2.76 bits per heavy atom. The second-order valence-corrected chi connectivity index (χ2v) is 5.25. The molecule has 1 atom stereocenters. The summed E-state index contributed by atoms with van der Waals surface area (Å²) in [6.45, 7) is 1.74. The Morgan fingerprint density at radius 2 is 2.12 bits per heavy atom. The maximum absolute atomic E-state index is 13.2. The minimum Gasteiger partial charge on any atom is -0.399 e. The van der Waals surface area contributed by atoms with Crippen LogP contribution in [0.4, 0.5) is 14.5 Å². The van der Waals surface area contributed by atoms with Crippen LogP contribution < -0.4 is 5.73 Å². The predicted octanol–water partition coefficient (Wildman–Crippen LogP) is 2.38. The van der Waals surface area contributed by atoms with Crippen molar-refractivity contribution in [3.05, 3.63) is 28.8 Å². The van der Waals surface area contributed by atoms with Gasteiger partial charge in [-0.3, -0.25) is 0 Å². The second kappa shape index (κ2) is 3.42. The van der Waals surface area contributed by atoms with Crippen LogP contribution in [0.3, 0.4) is 0 Å². The van der Waals surface area contributed by atoms with E-state index in [9.17, 15) is 8.78 Å². The molecule has 2 N–H and O–H groups in total. The molecule has 1 aromatic rings. The van der Waals surface area contributed by atoms with Gasteiger partial charge in [-0.2, -0.15) is 0 Å². The summed E-state index contributed by atoms with van der Waals surface area (Å²) in [4.78, 5) is 2.19. The number of fused-ring (bicyclic) bond motifs is 1. The maximum Gasteiger partial charge on any atom is 0.255 e. The van der Waals surface area contributed by atoms with Gasteiger partial charge in [-0.15, -0.1) is 0 Å². The van der Waals surface area contributed by atoms with Gasteiger partial charge in [-0.1, -0.05) is 0 Å². The van der Waals surface area contributed by atoms with Crippen molar-refractivity contribution in [3.8, 4) is 0 Å². The van der Waals surface area contributed by atoms with Crippen molar-refractivity contribution in [2.24, 2.45) is 0 Å². The van der Waals surface area contributed by atoms with Gasteiger partial charge in [0.15, 0.2) is 0 Å². The predicted molar refractivity (Wildman–Crippen MR) is 63.2 cm³/mol. The van der Waals surface area contributed by atoms with Crippen LogP contribution in [0.5, 0.6) is 0 Å². The van der Waals surface area contributed by atoms with E-state index in [0.717, 1.165) is 36.2 Å². The molecule has 0 saturated heterocycles. The summed E-state index contributed by atoms with van der Waals surface area (Å²) < 4.78 is 26.4. The first-order valence-electron chi connectivity index (χ1n) is 5.95. The average molecular weight is 238 g/mol. The zero-order chi connectivity index (χ0) is 12.2. The van der Waals surface area contributed by atoms with E-state index in [-0.39, 0.29) is 6.42 Å². The van der Waals surface area contributed by atoms with Gasteiger partial charge in [0.05, 0.1) is 5.92 Å². The second-order valence-electron chi connectivity index (χ2n) is 5.25. The van der Waals surface area contributed by atoms with Crippen LogP contribution in [-0.4, -0.2) is 24.4 Å². The molecule has 2 nitrogen and oxygen atoms in total. The van der Waals surface area contributed by atoms with E-state index in [1.165, 1.54) is 0 Å². The van der Waals surface area contributed by atoms with Gasteiger partial charge >= 0.3 is 0 Å². The molecule has 0 spiro atoms. The Balaban J connectivity index is 2.04. The lowest BCUT2D eigenvalue weighted by atomic mass is 9.91. The molecule has 0 bridgehead atoms. The molecule has 1 fully saturated rings. The highest BCUT2D eigenvalue weighted by atomic mass is 19.3. The molecular formula is C13H16F2N2. The maximum atomic E-state index is 13.2. The Labute approximate surface area is 99.4 Å². The molecule has 0 radical (unpaired) electrons. The van der Waals surface area contributed by atoms with Gasteiger partial charge in [-0.05, 0) is 42.3 Å². The molecule has 1 aliphatic heterocycles. The van der Waals surface area contributed by atoms with Crippen molar-refractivity contribution in [2.75, 3.05) is 19.3 Å². The number of hydrogen-bond acceptors (Lipinski definition) is 2. The lowest BCUT2D eigenvalue weighted by Crippen LogP contribution is -2.27. The highest BCUT2D eigenvalue weighted by Gasteiger charge is 2.58. The number of benzene rings is 1. The molecule has 1 unspecified atom stereocenters. The van der Waals surface area contributed by atoms with E-state index in [0.29, 0.717) is 5.69 Å². The molecule has 3 rings (SSSR count). The summed E-state index contributed by atoms with van der Waals surface area (Å²) in [5.41, 5.74) is 9.45. The van der Waals surface area contributed by atoms with Crippen LogP contribution in [0.1, 0.15) is 29.0 Å². The molecule has 1 aromatic carbocycles. The Morgan fingerprint density at radius 1 is 1.41 bits per heavy atom. The molecule has 0 amide bonds. The first kappa shape index (κ1) is 11.0. The van der Waals surface area contributed by atoms with Gasteiger partial charge in [0.2, 0.25) is 0 Å². The molecule has 17 heavy (non-hydrogen) atoms. The van der Waals surface area contributed by atoms with Gasteiger partial charge < -0.3 is 10.6 Å². The van der Waals surface area contributed by atoms with E-state index in [2.05, 4.69) is 4.90 Å². The Hall–Kier alpha value is -1.16. The van der Waals surface area contributed by atoms with Gasteiger partial charge in [0.1, 0.15) is 0 Å². The number of nitrogen functional groups attached to an aromatic ring is 1. The van der Waals surface area contributed by atoms with E-state index in [4.69, 9.17) is 5.73 Å². The van der Waals surface area contributed by atoms with Crippen LogP contribution in [0.2, 0.25) is 0 Å². The van der Waals surface area contributed by atoms with Gasteiger partial charge in [-0.25, -0.2) is 8.78 Å². The third-order valence-electron chi connectivity index (χ3n) is 3.78. The fourth-order valence-corrected chi connectivity index (χ4v) is 2.76. The van der Waals surface area contributed by atoms with E-state index in [1.54, 1.807) is 6.07 Å². The van der Waals surface area contributed by atoms with Crippen LogP contribution in [0, 0.1) is 0 Å². The summed E-state index contributed by atoms with van der Waals surface area (Å²) in [7, 11) is 2.04. The smallest absolute Gasteiger partial charge is 0.255 e. The number of anilines is 1. The fourth-order valence-electron chi connectivity index (χ4n) is 2.76. The van der Waals surface area contributed by atoms with Crippen molar-refractivity contribution in [1.82, 2.24) is 4.90 Å². The zero-order valence-electron chi connectivity index (χ0n) is 9.84. The molecule has 2 aliphatic rings. The summed E-state index contributed by atoms with van der Waals surface area (Å²) >= 11 is 0. The van der Waals surface area contributed by atoms with Crippen LogP contribution in [0.15, 0.2) is 12.1 Å². The van der Waals surface area contributed by atoms with Crippen LogP contribution in [-0.2, 0) is 13.0 Å². The number of hydrogen-bond donors (Lipinski definition) is 1. The lowest BCUT2D eigenvalue weighted by molar-refractivity contribution is 0.112. The van der Waals surface area contributed by atoms with Crippen molar-refractivity contribution >= 4 is 5.69 Å². The van der Waals surface area contributed by atoms with E-state index >= 15 is 0 Å². The minimum absolute atomic E-state index is 0.0151. The van der Waals surface area contributed by atoms with Crippen molar-refractivity contribution in [2.45, 2.75) is 31.2 Å². The third-order valence-corrected chi connectivity index (χ3v) is 3.78. The first-order valence-corrected chi connectivity index (χ1v) is 5.95. The van der Waals surface area contributed by atoms with Crippen molar-refractivity contribution in [1.29, 1.82) is 0 Å². The molecule has 92 valence electrons. The summed E-state index contributed by atoms with van der Waals surface area (Å²) in [5, 5.41) is 0. The monoisotopic (exact) mass is 238 g/mol. The van der Waals surface area contributed by atoms with Crippen molar-refractivity contribution in [3.63, 3.8) is 0 Å². The number of nitrogens with zero attached hydrogens (tertiary/aromatic N) is 1. The number of halogens is 2. The standard InChI is InChI=1S/C13H16F2N2/c1-17-3-2-10-8(7-17)4-9(16)5-11(10)12-6-13(12,14)15/h4-5,12H,2-3,6-7,16H2,1H3. The summed E-state index contributed by atoms with van der Waals surface area (Å²) in [6, 6.07) is 3.67. The highest BCUT2D eigenvalue weighted by molar-refractivity contribution is 5.53. The SMILES string of the molecule is CN1CCc2c(cc(N)cc2C2CC2(F)F)C1. The average Bonchev–Trinajstić information content (AvgIpc) is 2.85. The Kier molecular flexibility index (Phi) is 2.20. The molecule has 0 aromatic heterocycles. The number of rotatable bonds is 1. The minimum atomic E-state index is -2.51. The van der Waals surface area contributed by atoms with Crippen LogP contribution >= 0.6 is 0 Å². The molecule has 1 aliphatic carbocycles. The quantitative estimate of drug-likeness (QED) is 0.761. The molecule has 4 heteroatoms.